The molecule has 2 aromatic carbocycles. The minimum absolute atomic E-state index is 0.00183. The normalized spacial score (nSPS) is 13.0. The highest BCUT2D eigenvalue weighted by Crippen LogP contribution is 2.34. The van der Waals surface area contributed by atoms with E-state index >= 15 is 0 Å². The van der Waals surface area contributed by atoms with E-state index in [0.717, 1.165) is 5.56 Å². The third kappa shape index (κ3) is 3.30. The molecule has 0 fully saturated rings. The number of nitrogens with zero attached hydrogens (tertiary/aromatic N) is 1. The highest BCUT2D eigenvalue weighted by atomic mass is 16.5. The van der Waals surface area contributed by atoms with Crippen molar-refractivity contribution in [3.63, 3.8) is 0 Å². The lowest BCUT2D eigenvalue weighted by Crippen LogP contribution is -2.38. The highest BCUT2D eigenvalue weighted by Gasteiger charge is 2.26. The summed E-state index contributed by atoms with van der Waals surface area (Å²) >= 11 is 0. The van der Waals surface area contributed by atoms with Gasteiger partial charge in [0, 0.05) is 12.1 Å². The topological polar surface area (TPSA) is 58.6 Å². The van der Waals surface area contributed by atoms with E-state index < -0.39 is 0 Å². The number of amides is 2. The molecule has 0 saturated heterocycles. The summed E-state index contributed by atoms with van der Waals surface area (Å²) in [4.78, 5) is 26.1. The van der Waals surface area contributed by atoms with Crippen LogP contribution in [0.1, 0.15) is 15.9 Å². The van der Waals surface area contributed by atoms with Crippen molar-refractivity contribution in [2.45, 2.75) is 6.54 Å². The Balaban J connectivity index is 1.91. The Morgan fingerprint density at radius 3 is 2.79 bits per heavy atom. The largest absolute Gasteiger partial charge is 0.482 e. The first-order valence-electron chi connectivity index (χ1n) is 7.69. The molecule has 3 rings (SSSR count). The molecule has 24 heavy (non-hydrogen) atoms. The predicted molar refractivity (Wildman–Crippen MR) is 92.1 cm³/mol. The summed E-state index contributed by atoms with van der Waals surface area (Å²) in [5.74, 6) is 0.260. The first kappa shape index (κ1) is 15.8. The number of hydrogen-bond acceptors (Lipinski definition) is 3. The number of carbonyl (C=O) groups excluding carboxylic acids is 2. The second kappa shape index (κ2) is 7.00. The second-order valence-electron chi connectivity index (χ2n) is 5.44. The molecule has 2 amide bonds. The third-order valence-electron chi connectivity index (χ3n) is 3.75. The van der Waals surface area contributed by atoms with Crippen molar-refractivity contribution in [3.05, 3.63) is 72.3 Å². The van der Waals surface area contributed by atoms with E-state index in [-0.39, 0.29) is 18.4 Å². The van der Waals surface area contributed by atoms with E-state index in [4.69, 9.17) is 4.74 Å². The molecule has 0 bridgehead atoms. The molecule has 2 aromatic rings. The molecule has 0 atom stereocenters. The van der Waals surface area contributed by atoms with Crippen molar-refractivity contribution >= 4 is 17.5 Å². The van der Waals surface area contributed by atoms with Gasteiger partial charge in [0.2, 0.25) is 0 Å². The molecule has 5 heteroatoms. The van der Waals surface area contributed by atoms with Gasteiger partial charge in [-0.2, -0.15) is 0 Å². The third-order valence-corrected chi connectivity index (χ3v) is 3.75. The van der Waals surface area contributed by atoms with Crippen molar-refractivity contribution in [1.29, 1.82) is 0 Å². The number of hydrogen-bond donors (Lipinski definition) is 1. The first-order valence-corrected chi connectivity index (χ1v) is 7.69. The van der Waals surface area contributed by atoms with Crippen molar-refractivity contribution in [2.24, 2.45) is 0 Å². The van der Waals surface area contributed by atoms with E-state index in [1.807, 2.05) is 30.3 Å². The van der Waals surface area contributed by atoms with Gasteiger partial charge in [-0.05, 0) is 23.8 Å². The molecule has 122 valence electrons. The van der Waals surface area contributed by atoms with Gasteiger partial charge < -0.3 is 15.0 Å². The minimum atomic E-state index is -0.213. The van der Waals surface area contributed by atoms with Crippen LogP contribution in [0.15, 0.2) is 61.2 Å². The first-order chi connectivity index (χ1) is 11.7. The Morgan fingerprint density at radius 2 is 2.04 bits per heavy atom. The van der Waals surface area contributed by atoms with Crippen LogP contribution in [0.4, 0.5) is 5.69 Å². The maximum atomic E-state index is 12.3. The van der Waals surface area contributed by atoms with Gasteiger partial charge in [0.25, 0.3) is 11.8 Å². The van der Waals surface area contributed by atoms with E-state index in [9.17, 15) is 9.59 Å². The standard InChI is InChI=1S/C19H18N2O3/c1-2-10-20-19(23)15-8-9-17-16(11-15)21(18(22)13-24-17)12-14-6-4-3-5-7-14/h2-9,11H,1,10,12-13H2,(H,20,23). The zero-order chi connectivity index (χ0) is 16.9. The van der Waals surface area contributed by atoms with Crippen molar-refractivity contribution in [2.75, 3.05) is 18.1 Å². The van der Waals surface area contributed by atoms with E-state index in [2.05, 4.69) is 11.9 Å². The van der Waals surface area contributed by atoms with E-state index in [0.29, 0.717) is 30.1 Å². The van der Waals surface area contributed by atoms with Gasteiger partial charge in [0.1, 0.15) is 5.75 Å². The molecule has 0 spiro atoms. The lowest BCUT2D eigenvalue weighted by atomic mass is 10.1. The molecule has 5 nitrogen and oxygen atoms in total. The Bertz CT molecular complexity index is 771. The van der Waals surface area contributed by atoms with Crippen molar-refractivity contribution in [1.82, 2.24) is 5.32 Å². The van der Waals surface area contributed by atoms with Crippen LogP contribution in [0.3, 0.4) is 0 Å². The fraction of sp³-hybridized carbons (Fsp3) is 0.158. The molecule has 1 heterocycles. The molecule has 0 aromatic heterocycles. The summed E-state index contributed by atoms with van der Waals surface area (Å²) in [6.07, 6.45) is 1.62. The van der Waals surface area contributed by atoms with Gasteiger partial charge in [-0.1, -0.05) is 36.4 Å². The highest BCUT2D eigenvalue weighted by molar-refractivity contribution is 6.01. The zero-order valence-electron chi connectivity index (χ0n) is 13.2. The number of carbonyl (C=O) groups is 2. The van der Waals surface area contributed by atoms with Crippen LogP contribution in [0.2, 0.25) is 0 Å². The number of fused-ring (bicyclic) bond motifs is 1. The lowest BCUT2D eigenvalue weighted by molar-refractivity contribution is -0.121. The van der Waals surface area contributed by atoms with Crippen molar-refractivity contribution in [3.8, 4) is 5.75 Å². The smallest absolute Gasteiger partial charge is 0.265 e. The Kier molecular flexibility index (Phi) is 4.61. The van der Waals surface area contributed by atoms with Crippen LogP contribution in [0, 0.1) is 0 Å². The van der Waals surface area contributed by atoms with Crippen LogP contribution in [-0.2, 0) is 11.3 Å². The van der Waals surface area contributed by atoms with Crippen LogP contribution in [-0.4, -0.2) is 25.0 Å². The predicted octanol–water partition coefficient (Wildman–Crippen LogP) is 2.53. The van der Waals surface area contributed by atoms with Gasteiger partial charge >= 0.3 is 0 Å². The number of ether oxygens (including phenoxy) is 1. The van der Waals surface area contributed by atoms with Crippen LogP contribution < -0.4 is 15.0 Å². The number of rotatable bonds is 5. The Morgan fingerprint density at radius 1 is 1.25 bits per heavy atom. The monoisotopic (exact) mass is 322 g/mol. The number of anilines is 1. The second-order valence-corrected chi connectivity index (χ2v) is 5.44. The average molecular weight is 322 g/mol. The summed E-state index contributed by atoms with van der Waals surface area (Å²) in [5, 5.41) is 2.73. The maximum absolute atomic E-state index is 12.3. The summed E-state index contributed by atoms with van der Waals surface area (Å²) in [6, 6.07) is 14.8. The van der Waals surface area contributed by atoms with Gasteiger partial charge in [0.15, 0.2) is 6.61 Å². The van der Waals surface area contributed by atoms with Gasteiger partial charge in [-0.25, -0.2) is 0 Å². The molecular formula is C19H18N2O3. The summed E-state index contributed by atoms with van der Waals surface area (Å²) < 4.78 is 5.48. The summed E-state index contributed by atoms with van der Waals surface area (Å²) in [5.41, 5.74) is 2.11. The molecule has 1 aliphatic heterocycles. The molecule has 1 N–H and O–H groups in total. The SMILES string of the molecule is C=CCNC(=O)c1ccc2c(c1)N(Cc1ccccc1)C(=O)CO2. The van der Waals surface area contributed by atoms with E-state index in [1.165, 1.54) is 0 Å². The van der Waals surface area contributed by atoms with Crippen LogP contribution in [0.5, 0.6) is 5.75 Å². The lowest BCUT2D eigenvalue weighted by Gasteiger charge is -2.29. The molecule has 0 saturated carbocycles. The molecule has 0 aliphatic carbocycles. The molecule has 0 radical (unpaired) electrons. The fourth-order valence-corrected chi connectivity index (χ4v) is 2.55. The average Bonchev–Trinajstić information content (AvgIpc) is 2.62. The summed E-state index contributed by atoms with van der Waals surface area (Å²) in [7, 11) is 0. The summed E-state index contributed by atoms with van der Waals surface area (Å²) in [6.45, 7) is 4.41. The quantitative estimate of drug-likeness (QED) is 0.861. The molecule has 1 aliphatic rings. The number of nitrogens with one attached hydrogen (secondary N) is 1. The fourth-order valence-electron chi connectivity index (χ4n) is 2.55. The Labute approximate surface area is 140 Å². The minimum Gasteiger partial charge on any atom is -0.482 e. The zero-order valence-corrected chi connectivity index (χ0v) is 13.2. The molecular weight excluding hydrogens is 304 g/mol. The maximum Gasteiger partial charge on any atom is 0.265 e. The van der Waals surface area contributed by atoms with Crippen molar-refractivity contribution < 1.29 is 14.3 Å². The van der Waals surface area contributed by atoms with Gasteiger partial charge in [0.05, 0.1) is 12.2 Å². The number of benzene rings is 2. The van der Waals surface area contributed by atoms with E-state index in [1.54, 1.807) is 29.2 Å². The van der Waals surface area contributed by atoms with Gasteiger partial charge in [-0.3, -0.25) is 9.59 Å². The molecule has 0 unspecified atom stereocenters. The Hall–Kier alpha value is -3.08. The van der Waals surface area contributed by atoms with Crippen LogP contribution >= 0.6 is 0 Å². The van der Waals surface area contributed by atoms with Crippen LogP contribution in [0.25, 0.3) is 0 Å². The van der Waals surface area contributed by atoms with Gasteiger partial charge in [-0.15, -0.1) is 6.58 Å².